The number of phenolic OH excluding ortho intramolecular Hbond substituents is 1. The third-order valence-electron chi connectivity index (χ3n) is 3.65. The predicted molar refractivity (Wildman–Crippen MR) is 96.9 cm³/mol. The molecular formula is C15H22BrCl2FN2O. The van der Waals surface area contributed by atoms with E-state index < -0.39 is 0 Å². The number of piperazine rings is 1. The lowest BCUT2D eigenvalue weighted by atomic mass is 9.98. The Morgan fingerprint density at radius 1 is 1.36 bits per heavy atom. The van der Waals surface area contributed by atoms with Crippen LogP contribution in [0.25, 0.3) is 0 Å². The number of rotatable bonds is 5. The summed E-state index contributed by atoms with van der Waals surface area (Å²) in [6.45, 7) is 7.39. The largest absolute Gasteiger partial charge is 0.506 e. The normalized spacial score (nSPS) is 16.3. The number of nitrogens with one attached hydrogen (secondary N) is 1. The van der Waals surface area contributed by atoms with E-state index in [2.05, 4.69) is 32.7 Å². The first-order valence-electron chi connectivity index (χ1n) is 6.87. The average molecular weight is 416 g/mol. The zero-order valence-electron chi connectivity index (χ0n) is 12.2. The van der Waals surface area contributed by atoms with Crippen molar-refractivity contribution in [2.75, 3.05) is 26.2 Å². The van der Waals surface area contributed by atoms with Gasteiger partial charge in [0.25, 0.3) is 0 Å². The summed E-state index contributed by atoms with van der Waals surface area (Å²) in [6.07, 6.45) is 3.52. The molecule has 1 aromatic carbocycles. The summed E-state index contributed by atoms with van der Waals surface area (Å²) in [7, 11) is 0. The first kappa shape index (κ1) is 21.7. The maximum atomic E-state index is 13.7. The van der Waals surface area contributed by atoms with Crippen molar-refractivity contribution in [1.29, 1.82) is 0 Å². The number of allylic oxidation sites excluding steroid dienone is 1. The van der Waals surface area contributed by atoms with Crippen molar-refractivity contribution in [3.63, 3.8) is 0 Å². The van der Waals surface area contributed by atoms with Gasteiger partial charge in [0, 0.05) is 37.8 Å². The highest BCUT2D eigenvalue weighted by Gasteiger charge is 2.25. The van der Waals surface area contributed by atoms with Gasteiger partial charge >= 0.3 is 0 Å². The number of halogens is 4. The van der Waals surface area contributed by atoms with Gasteiger partial charge in [-0.05, 0) is 40.9 Å². The minimum Gasteiger partial charge on any atom is -0.506 e. The molecule has 1 aromatic rings. The van der Waals surface area contributed by atoms with Gasteiger partial charge in [-0.1, -0.05) is 6.08 Å². The van der Waals surface area contributed by atoms with E-state index in [-0.39, 0.29) is 42.4 Å². The Hall–Kier alpha value is -0.330. The molecule has 3 nitrogen and oxygen atoms in total. The summed E-state index contributed by atoms with van der Waals surface area (Å²) in [5.41, 5.74) is 0.653. The molecule has 1 aliphatic heterocycles. The Morgan fingerprint density at radius 3 is 2.59 bits per heavy atom. The molecule has 0 bridgehead atoms. The van der Waals surface area contributed by atoms with Crippen LogP contribution in [0.1, 0.15) is 24.4 Å². The summed E-state index contributed by atoms with van der Waals surface area (Å²) in [4.78, 5) is 2.29. The van der Waals surface area contributed by atoms with Crippen LogP contribution in [0.3, 0.4) is 0 Å². The fraction of sp³-hybridized carbons (Fsp3) is 0.467. The quantitative estimate of drug-likeness (QED) is 0.712. The second-order valence-electron chi connectivity index (χ2n) is 4.99. The van der Waals surface area contributed by atoms with Crippen LogP contribution in [0, 0.1) is 5.82 Å². The van der Waals surface area contributed by atoms with E-state index >= 15 is 0 Å². The molecule has 1 saturated heterocycles. The third kappa shape index (κ3) is 5.39. The van der Waals surface area contributed by atoms with Crippen molar-refractivity contribution in [3.8, 4) is 5.75 Å². The standard InChI is InChI=1S/C15H20BrFN2O.2ClH/c1-2-3-4-14(19-7-5-18-6-8-19)12-9-11(17)10-13(16)15(12)20;;/h2,9-10,14,18,20H,1,3-8H2;2*1H/t14-;;/m1../s1. The SMILES string of the molecule is C=CCC[C@H](c1cc(F)cc(Br)c1O)N1CCNCC1.Cl.Cl. The van der Waals surface area contributed by atoms with Gasteiger partial charge in [-0.2, -0.15) is 0 Å². The van der Waals surface area contributed by atoms with E-state index in [0.717, 1.165) is 39.0 Å². The summed E-state index contributed by atoms with van der Waals surface area (Å²) in [6, 6.07) is 2.75. The van der Waals surface area contributed by atoms with Crippen LogP contribution in [-0.4, -0.2) is 36.2 Å². The minimum absolute atomic E-state index is 0. The third-order valence-corrected chi connectivity index (χ3v) is 4.26. The monoisotopic (exact) mass is 414 g/mol. The van der Waals surface area contributed by atoms with Gasteiger partial charge in [0.2, 0.25) is 0 Å². The molecule has 0 amide bonds. The van der Waals surface area contributed by atoms with Crippen LogP contribution < -0.4 is 5.32 Å². The fourth-order valence-electron chi connectivity index (χ4n) is 2.64. The molecule has 2 rings (SSSR count). The van der Waals surface area contributed by atoms with Gasteiger partial charge < -0.3 is 10.4 Å². The molecule has 0 aliphatic carbocycles. The van der Waals surface area contributed by atoms with Crippen molar-refractivity contribution in [3.05, 3.63) is 40.6 Å². The van der Waals surface area contributed by atoms with E-state index in [9.17, 15) is 9.50 Å². The molecule has 0 radical (unpaired) electrons. The molecule has 0 spiro atoms. The molecule has 1 atom stereocenters. The van der Waals surface area contributed by atoms with Crippen LogP contribution in [0.5, 0.6) is 5.75 Å². The molecule has 0 aromatic heterocycles. The number of benzene rings is 1. The molecule has 1 fully saturated rings. The molecule has 2 N–H and O–H groups in total. The summed E-state index contributed by atoms with van der Waals surface area (Å²) >= 11 is 3.22. The number of aromatic hydroxyl groups is 1. The van der Waals surface area contributed by atoms with Gasteiger partial charge in [-0.25, -0.2) is 4.39 Å². The molecule has 0 unspecified atom stereocenters. The minimum atomic E-state index is -0.330. The van der Waals surface area contributed by atoms with E-state index in [4.69, 9.17) is 0 Å². The maximum absolute atomic E-state index is 13.7. The first-order chi connectivity index (χ1) is 9.63. The van der Waals surface area contributed by atoms with Crippen LogP contribution in [-0.2, 0) is 0 Å². The van der Waals surface area contributed by atoms with Crippen molar-refractivity contribution in [2.45, 2.75) is 18.9 Å². The van der Waals surface area contributed by atoms with Crippen LogP contribution in [0.15, 0.2) is 29.3 Å². The second-order valence-corrected chi connectivity index (χ2v) is 5.85. The van der Waals surface area contributed by atoms with Gasteiger partial charge in [0.15, 0.2) is 0 Å². The fourth-order valence-corrected chi connectivity index (χ4v) is 3.09. The topological polar surface area (TPSA) is 35.5 Å². The second kappa shape index (κ2) is 10.4. The van der Waals surface area contributed by atoms with Crippen LogP contribution in [0.4, 0.5) is 4.39 Å². The molecule has 22 heavy (non-hydrogen) atoms. The van der Waals surface area contributed by atoms with E-state index in [1.165, 1.54) is 12.1 Å². The smallest absolute Gasteiger partial charge is 0.134 e. The van der Waals surface area contributed by atoms with Crippen LogP contribution >= 0.6 is 40.7 Å². The zero-order chi connectivity index (χ0) is 14.5. The average Bonchev–Trinajstić information content (AvgIpc) is 2.45. The Labute approximate surface area is 151 Å². The molecule has 0 saturated carbocycles. The molecule has 7 heteroatoms. The highest BCUT2D eigenvalue weighted by molar-refractivity contribution is 9.10. The number of hydrogen-bond acceptors (Lipinski definition) is 3. The summed E-state index contributed by atoms with van der Waals surface area (Å²) in [5, 5.41) is 13.5. The summed E-state index contributed by atoms with van der Waals surface area (Å²) in [5.74, 6) is -0.192. The van der Waals surface area contributed by atoms with Gasteiger partial charge in [0.1, 0.15) is 11.6 Å². The van der Waals surface area contributed by atoms with E-state index in [0.29, 0.717) is 10.0 Å². The van der Waals surface area contributed by atoms with Crippen molar-refractivity contribution in [1.82, 2.24) is 10.2 Å². The predicted octanol–water partition coefficient (Wildman–Crippen LogP) is 4.05. The zero-order valence-corrected chi connectivity index (χ0v) is 15.4. The van der Waals surface area contributed by atoms with Gasteiger partial charge in [-0.15, -0.1) is 31.4 Å². The highest BCUT2D eigenvalue weighted by Crippen LogP contribution is 2.37. The summed E-state index contributed by atoms with van der Waals surface area (Å²) < 4.78 is 14.1. The van der Waals surface area contributed by atoms with Crippen molar-refractivity contribution >= 4 is 40.7 Å². The Morgan fingerprint density at radius 2 is 2.00 bits per heavy atom. The van der Waals surface area contributed by atoms with Gasteiger partial charge in [0.05, 0.1) is 4.47 Å². The Kier molecular flexibility index (Phi) is 10.3. The lowest BCUT2D eigenvalue weighted by molar-refractivity contribution is 0.163. The molecule has 1 heterocycles. The van der Waals surface area contributed by atoms with Gasteiger partial charge in [-0.3, -0.25) is 4.90 Å². The highest BCUT2D eigenvalue weighted by atomic mass is 79.9. The Bertz CT molecular complexity index is 485. The number of hydrogen-bond donors (Lipinski definition) is 2. The van der Waals surface area contributed by atoms with E-state index in [1.807, 2.05) is 6.08 Å². The van der Waals surface area contributed by atoms with E-state index in [1.54, 1.807) is 0 Å². The molecular weight excluding hydrogens is 394 g/mol. The maximum Gasteiger partial charge on any atom is 0.134 e. The van der Waals surface area contributed by atoms with Crippen molar-refractivity contribution in [2.24, 2.45) is 0 Å². The molecule has 126 valence electrons. The molecule has 1 aliphatic rings. The number of phenols is 1. The Balaban J connectivity index is 0.00000220. The van der Waals surface area contributed by atoms with Crippen LogP contribution in [0.2, 0.25) is 0 Å². The lowest BCUT2D eigenvalue weighted by Crippen LogP contribution is -2.45. The number of nitrogens with zero attached hydrogens (tertiary/aromatic N) is 1. The first-order valence-corrected chi connectivity index (χ1v) is 7.66. The lowest BCUT2D eigenvalue weighted by Gasteiger charge is -2.35. The van der Waals surface area contributed by atoms with Crippen molar-refractivity contribution < 1.29 is 9.50 Å².